The summed E-state index contributed by atoms with van der Waals surface area (Å²) in [7, 11) is 0. The van der Waals surface area contributed by atoms with E-state index in [4.69, 9.17) is 9.26 Å². The molecule has 2 aromatic carbocycles. The molecule has 0 fully saturated rings. The van der Waals surface area contributed by atoms with Crippen LogP contribution in [0.4, 0.5) is 0 Å². The van der Waals surface area contributed by atoms with Crippen molar-refractivity contribution >= 4 is 11.8 Å². The number of para-hydroxylation sites is 1. The zero-order valence-corrected chi connectivity index (χ0v) is 20.3. The van der Waals surface area contributed by atoms with Gasteiger partial charge in [-0.15, -0.1) is 10.2 Å². The first-order valence-electron chi connectivity index (χ1n) is 11.4. The van der Waals surface area contributed by atoms with Gasteiger partial charge in [-0.25, -0.2) is 0 Å². The number of aryl methyl sites for hydroxylation is 1. The van der Waals surface area contributed by atoms with Gasteiger partial charge in [0.25, 0.3) is 0 Å². The Morgan fingerprint density at radius 2 is 1.74 bits per heavy atom. The number of thioether (sulfide) groups is 1. The molecular formula is C26H24N6O2S. The summed E-state index contributed by atoms with van der Waals surface area (Å²) in [6.07, 6.45) is 4.48. The van der Waals surface area contributed by atoms with E-state index < -0.39 is 0 Å². The standard InChI is InChI=1S/C26H24N6O2S/c1-3-18-9-11-20(12-10-18)32-25(19-13-15-27-16-14-19)29-30-26(32)35-17-23-28-24(31-34-23)21-7-5-6-8-22(21)33-4-2/h5-16H,3-4,17H2,1-2H3. The van der Waals surface area contributed by atoms with Crippen LogP contribution in [-0.2, 0) is 12.2 Å². The molecule has 5 aromatic rings. The van der Waals surface area contributed by atoms with Crippen LogP contribution in [0.1, 0.15) is 25.3 Å². The summed E-state index contributed by atoms with van der Waals surface area (Å²) in [6.45, 7) is 4.65. The topological polar surface area (TPSA) is 91.8 Å². The van der Waals surface area contributed by atoms with E-state index in [-0.39, 0.29) is 0 Å². The summed E-state index contributed by atoms with van der Waals surface area (Å²) >= 11 is 1.49. The number of aromatic nitrogens is 6. The van der Waals surface area contributed by atoms with Crippen LogP contribution in [0.3, 0.4) is 0 Å². The number of benzene rings is 2. The summed E-state index contributed by atoms with van der Waals surface area (Å²) in [5.41, 5.74) is 3.99. The number of nitrogens with zero attached hydrogens (tertiary/aromatic N) is 6. The van der Waals surface area contributed by atoms with Crippen molar-refractivity contribution in [1.82, 2.24) is 29.9 Å². The minimum Gasteiger partial charge on any atom is -0.493 e. The summed E-state index contributed by atoms with van der Waals surface area (Å²) in [6, 6.07) is 20.0. The molecule has 0 unspecified atom stereocenters. The fourth-order valence-electron chi connectivity index (χ4n) is 3.65. The number of rotatable bonds is 9. The van der Waals surface area contributed by atoms with Crippen molar-refractivity contribution in [2.24, 2.45) is 0 Å². The molecule has 0 saturated heterocycles. The molecule has 0 bridgehead atoms. The fourth-order valence-corrected chi connectivity index (χ4v) is 4.44. The first kappa shape index (κ1) is 22.8. The molecule has 0 spiro atoms. The largest absolute Gasteiger partial charge is 0.493 e. The normalized spacial score (nSPS) is 11.0. The highest BCUT2D eigenvalue weighted by molar-refractivity contribution is 7.98. The fraction of sp³-hybridized carbons (Fsp3) is 0.192. The SMILES string of the molecule is CCOc1ccccc1-c1noc(CSc2nnc(-c3ccncc3)n2-c2ccc(CC)cc2)n1. The monoisotopic (exact) mass is 484 g/mol. The second kappa shape index (κ2) is 10.5. The quantitative estimate of drug-likeness (QED) is 0.249. The predicted molar refractivity (Wildman–Crippen MR) is 134 cm³/mol. The molecule has 176 valence electrons. The van der Waals surface area contributed by atoms with Gasteiger partial charge in [0.1, 0.15) is 5.75 Å². The Kier molecular flexibility index (Phi) is 6.85. The van der Waals surface area contributed by atoms with Gasteiger partial charge in [0.2, 0.25) is 11.7 Å². The van der Waals surface area contributed by atoms with Gasteiger partial charge >= 0.3 is 0 Å². The highest BCUT2D eigenvalue weighted by atomic mass is 32.2. The van der Waals surface area contributed by atoms with Crippen LogP contribution in [0.15, 0.2) is 82.7 Å². The first-order valence-corrected chi connectivity index (χ1v) is 12.4. The van der Waals surface area contributed by atoms with E-state index in [9.17, 15) is 0 Å². The maximum absolute atomic E-state index is 5.70. The molecule has 0 radical (unpaired) electrons. The van der Waals surface area contributed by atoms with Crippen LogP contribution in [0.2, 0.25) is 0 Å². The van der Waals surface area contributed by atoms with Crippen molar-refractivity contribution in [2.45, 2.75) is 31.2 Å². The Morgan fingerprint density at radius 3 is 2.51 bits per heavy atom. The molecule has 3 heterocycles. The van der Waals surface area contributed by atoms with Crippen molar-refractivity contribution in [3.63, 3.8) is 0 Å². The summed E-state index contributed by atoms with van der Waals surface area (Å²) in [4.78, 5) is 8.71. The average Bonchev–Trinajstić information content (AvgIpc) is 3.56. The lowest BCUT2D eigenvalue weighted by atomic mass is 10.1. The van der Waals surface area contributed by atoms with E-state index in [0.717, 1.165) is 40.0 Å². The van der Waals surface area contributed by atoms with E-state index in [1.165, 1.54) is 17.3 Å². The molecule has 0 aliphatic heterocycles. The summed E-state index contributed by atoms with van der Waals surface area (Å²) < 4.78 is 13.3. The molecule has 0 saturated carbocycles. The molecule has 5 rings (SSSR count). The van der Waals surface area contributed by atoms with E-state index in [2.05, 4.69) is 56.5 Å². The van der Waals surface area contributed by atoms with E-state index in [1.54, 1.807) is 12.4 Å². The second-order valence-corrected chi connectivity index (χ2v) is 8.57. The van der Waals surface area contributed by atoms with Crippen LogP contribution in [0.25, 0.3) is 28.5 Å². The molecule has 9 heteroatoms. The van der Waals surface area contributed by atoms with Gasteiger partial charge in [-0.05, 0) is 55.3 Å². The average molecular weight is 485 g/mol. The Balaban J connectivity index is 1.43. The summed E-state index contributed by atoms with van der Waals surface area (Å²) in [5.74, 6) is 2.92. The Morgan fingerprint density at radius 1 is 0.943 bits per heavy atom. The lowest BCUT2D eigenvalue weighted by Crippen LogP contribution is -2.00. The Hall–Kier alpha value is -3.98. The van der Waals surface area contributed by atoms with E-state index >= 15 is 0 Å². The minimum absolute atomic E-state index is 0.450. The zero-order valence-electron chi connectivity index (χ0n) is 19.5. The van der Waals surface area contributed by atoms with Crippen LogP contribution >= 0.6 is 11.8 Å². The van der Waals surface area contributed by atoms with Crippen molar-refractivity contribution in [3.8, 4) is 34.2 Å². The number of hydrogen-bond acceptors (Lipinski definition) is 8. The van der Waals surface area contributed by atoms with Gasteiger partial charge in [-0.3, -0.25) is 9.55 Å². The van der Waals surface area contributed by atoms with Gasteiger partial charge in [0.15, 0.2) is 11.0 Å². The molecule has 0 atom stereocenters. The van der Waals surface area contributed by atoms with Crippen molar-refractivity contribution in [3.05, 3.63) is 84.5 Å². The van der Waals surface area contributed by atoms with Crippen LogP contribution in [0.5, 0.6) is 5.75 Å². The lowest BCUT2D eigenvalue weighted by Gasteiger charge is -2.10. The lowest BCUT2D eigenvalue weighted by molar-refractivity contribution is 0.341. The van der Waals surface area contributed by atoms with Crippen molar-refractivity contribution < 1.29 is 9.26 Å². The van der Waals surface area contributed by atoms with E-state index in [1.807, 2.05) is 47.9 Å². The second-order valence-electron chi connectivity index (χ2n) is 7.63. The highest BCUT2D eigenvalue weighted by Gasteiger charge is 2.18. The van der Waals surface area contributed by atoms with Gasteiger partial charge in [0, 0.05) is 23.6 Å². The third-order valence-electron chi connectivity index (χ3n) is 5.40. The number of ether oxygens (including phenoxy) is 1. The maximum Gasteiger partial charge on any atom is 0.237 e. The molecule has 8 nitrogen and oxygen atoms in total. The van der Waals surface area contributed by atoms with Gasteiger partial charge in [-0.1, -0.05) is 48.1 Å². The van der Waals surface area contributed by atoms with Crippen LogP contribution < -0.4 is 4.74 Å². The Bertz CT molecular complexity index is 1400. The molecule has 0 N–H and O–H groups in total. The molecular weight excluding hydrogens is 460 g/mol. The number of pyridine rings is 1. The molecule has 0 aliphatic rings. The van der Waals surface area contributed by atoms with Gasteiger partial charge in [-0.2, -0.15) is 4.98 Å². The van der Waals surface area contributed by atoms with E-state index in [0.29, 0.717) is 24.1 Å². The van der Waals surface area contributed by atoms with Crippen LogP contribution in [-0.4, -0.2) is 36.5 Å². The number of hydrogen-bond donors (Lipinski definition) is 0. The third kappa shape index (κ3) is 4.95. The molecule has 3 aromatic heterocycles. The molecule has 0 amide bonds. The zero-order chi connectivity index (χ0) is 24.0. The highest BCUT2D eigenvalue weighted by Crippen LogP contribution is 2.31. The Labute approximate surface area is 207 Å². The smallest absolute Gasteiger partial charge is 0.237 e. The predicted octanol–water partition coefficient (Wildman–Crippen LogP) is 5.63. The van der Waals surface area contributed by atoms with Gasteiger partial charge < -0.3 is 9.26 Å². The van der Waals surface area contributed by atoms with Crippen LogP contribution in [0, 0.1) is 0 Å². The maximum atomic E-state index is 5.70. The third-order valence-corrected chi connectivity index (χ3v) is 6.31. The minimum atomic E-state index is 0.450. The van der Waals surface area contributed by atoms with Crippen molar-refractivity contribution in [1.29, 1.82) is 0 Å². The van der Waals surface area contributed by atoms with Crippen molar-refractivity contribution in [2.75, 3.05) is 6.61 Å². The molecule has 35 heavy (non-hydrogen) atoms. The first-order chi connectivity index (χ1) is 17.3. The summed E-state index contributed by atoms with van der Waals surface area (Å²) in [5, 5.41) is 13.9. The molecule has 0 aliphatic carbocycles. The van der Waals surface area contributed by atoms with Gasteiger partial charge in [0.05, 0.1) is 17.9 Å².